The molecule has 1 unspecified atom stereocenters. The first-order valence-corrected chi connectivity index (χ1v) is 18.8. The predicted octanol–water partition coefficient (Wildman–Crippen LogP) is 5.65. The van der Waals surface area contributed by atoms with E-state index in [1.54, 1.807) is 30.5 Å². The standard InChI is InChI=1S/C40H43N7O7/c1-2-31(48)30-22-25-23-42-40(45-35(25)46(30)27-10-5-6-11-27)43-26-16-14-24(15-17-26)36(50)41-20-7-3-4-8-21-54-32-13-9-12-28-34(32)39(53)47(38(28)52)29-18-19-33(49)44-37(29)51/h9,12-17,22-23,27,29H,2-8,10-11,18-21H2,1H3,(H,41,50)(H,42,43,45)(H,44,49,51). The fourth-order valence-electron chi connectivity index (χ4n) is 7.50. The van der Waals surface area contributed by atoms with E-state index in [4.69, 9.17) is 9.72 Å². The Hall–Kier alpha value is -5.92. The van der Waals surface area contributed by atoms with Gasteiger partial charge in [0.25, 0.3) is 17.7 Å². The monoisotopic (exact) mass is 733 g/mol. The van der Waals surface area contributed by atoms with Crippen molar-refractivity contribution < 1.29 is 33.5 Å². The summed E-state index contributed by atoms with van der Waals surface area (Å²) < 4.78 is 8.01. The highest BCUT2D eigenvalue weighted by atomic mass is 16.5. The van der Waals surface area contributed by atoms with Gasteiger partial charge in [-0.05, 0) is 74.6 Å². The first-order chi connectivity index (χ1) is 26.2. The van der Waals surface area contributed by atoms with Crippen LogP contribution in [0.4, 0.5) is 11.6 Å². The van der Waals surface area contributed by atoms with Crippen LogP contribution < -0.4 is 20.7 Å². The van der Waals surface area contributed by atoms with Crippen molar-refractivity contribution in [1.29, 1.82) is 0 Å². The van der Waals surface area contributed by atoms with Gasteiger partial charge in [0.2, 0.25) is 17.8 Å². The Morgan fingerprint density at radius 3 is 2.48 bits per heavy atom. The number of amides is 5. The molecule has 4 aromatic rings. The molecule has 1 atom stereocenters. The van der Waals surface area contributed by atoms with Crippen LogP contribution in [0, 0.1) is 0 Å². The molecular weight excluding hydrogens is 690 g/mol. The summed E-state index contributed by atoms with van der Waals surface area (Å²) in [5.74, 6) is -1.61. The number of hydrogen-bond acceptors (Lipinski definition) is 10. The number of ketones is 1. The minimum Gasteiger partial charge on any atom is -0.493 e. The molecule has 14 nitrogen and oxygen atoms in total. The minimum absolute atomic E-state index is 0.0543. The number of unbranched alkanes of at least 4 members (excludes halogenated alkanes) is 3. The number of nitrogens with one attached hydrogen (secondary N) is 3. The lowest BCUT2D eigenvalue weighted by Crippen LogP contribution is -2.54. The maximum absolute atomic E-state index is 13.2. The number of benzene rings is 2. The summed E-state index contributed by atoms with van der Waals surface area (Å²) in [4.78, 5) is 85.9. The molecule has 3 N–H and O–H groups in total. The lowest BCUT2D eigenvalue weighted by molar-refractivity contribution is -0.136. The number of nitrogens with zero attached hydrogens (tertiary/aromatic N) is 4. The molecule has 4 heterocycles. The number of hydrogen-bond donors (Lipinski definition) is 3. The van der Waals surface area contributed by atoms with E-state index >= 15 is 0 Å². The number of fused-ring (bicyclic) bond motifs is 2. The third-order valence-corrected chi connectivity index (χ3v) is 10.3. The summed E-state index contributed by atoms with van der Waals surface area (Å²) in [7, 11) is 0. The second-order valence-corrected chi connectivity index (χ2v) is 13.9. The van der Waals surface area contributed by atoms with Gasteiger partial charge in [-0.25, -0.2) is 4.98 Å². The number of carbonyl (C=O) groups excluding carboxylic acids is 6. The van der Waals surface area contributed by atoms with Gasteiger partial charge >= 0.3 is 0 Å². The Morgan fingerprint density at radius 1 is 0.944 bits per heavy atom. The van der Waals surface area contributed by atoms with E-state index in [0.717, 1.165) is 66.6 Å². The molecule has 1 saturated heterocycles. The lowest BCUT2D eigenvalue weighted by atomic mass is 10.0. The molecule has 2 aromatic carbocycles. The third-order valence-electron chi connectivity index (χ3n) is 10.3. The van der Waals surface area contributed by atoms with Gasteiger partial charge in [0.1, 0.15) is 17.4 Å². The molecule has 1 saturated carbocycles. The number of aromatic nitrogens is 3. The van der Waals surface area contributed by atoms with Crippen LogP contribution in [0.1, 0.15) is 125 Å². The van der Waals surface area contributed by atoms with Crippen molar-refractivity contribution in [3.05, 3.63) is 77.1 Å². The lowest BCUT2D eigenvalue weighted by Gasteiger charge is -2.27. The predicted molar refractivity (Wildman–Crippen MR) is 199 cm³/mol. The van der Waals surface area contributed by atoms with Gasteiger partial charge in [0.05, 0.1) is 23.4 Å². The molecule has 2 aliphatic heterocycles. The van der Waals surface area contributed by atoms with Gasteiger partial charge in [-0.1, -0.05) is 38.7 Å². The van der Waals surface area contributed by atoms with Crippen LogP contribution in [0.3, 0.4) is 0 Å². The summed E-state index contributed by atoms with van der Waals surface area (Å²) in [5, 5.41) is 9.24. The van der Waals surface area contributed by atoms with Crippen LogP contribution in [0.2, 0.25) is 0 Å². The van der Waals surface area contributed by atoms with E-state index in [-0.39, 0.29) is 47.5 Å². The van der Waals surface area contributed by atoms with Crippen molar-refractivity contribution >= 4 is 58.0 Å². The van der Waals surface area contributed by atoms with Gasteiger partial charge in [0, 0.05) is 48.3 Å². The second kappa shape index (κ2) is 16.0. The molecule has 2 fully saturated rings. The zero-order valence-corrected chi connectivity index (χ0v) is 30.2. The number of piperidine rings is 1. The van der Waals surface area contributed by atoms with Crippen LogP contribution in [0.15, 0.2) is 54.7 Å². The highest BCUT2D eigenvalue weighted by Crippen LogP contribution is 2.36. The highest BCUT2D eigenvalue weighted by molar-refractivity contribution is 6.24. The van der Waals surface area contributed by atoms with Crippen molar-refractivity contribution in [3.8, 4) is 5.75 Å². The van der Waals surface area contributed by atoms with E-state index in [1.165, 1.54) is 6.07 Å². The number of imide groups is 2. The van der Waals surface area contributed by atoms with Crippen molar-refractivity contribution in [2.75, 3.05) is 18.5 Å². The van der Waals surface area contributed by atoms with Crippen LogP contribution >= 0.6 is 0 Å². The van der Waals surface area contributed by atoms with Gasteiger partial charge in [0.15, 0.2) is 5.78 Å². The van der Waals surface area contributed by atoms with E-state index < -0.39 is 29.7 Å². The number of anilines is 2. The van der Waals surface area contributed by atoms with E-state index in [9.17, 15) is 28.8 Å². The average Bonchev–Trinajstić information content (AvgIpc) is 3.90. The maximum Gasteiger partial charge on any atom is 0.266 e. The van der Waals surface area contributed by atoms with E-state index in [1.807, 2.05) is 25.1 Å². The zero-order valence-electron chi connectivity index (χ0n) is 30.2. The molecule has 3 aliphatic rings. The SMILES string of the molecule is CCC(=O)c1cc2cnc(Nc3ccc(C(=O)NCCCCCCOc4cccc5c4C(=O)N(C4CCC(=O)NC4=O)C5=O)cc3)nc2n1C1CCCC1. The first kappa shape index (κ1) is 36.4. The van der Waals surface area contributed by atoms with Crippen molar-refractivity contribution in [2.24, 2.45) is 0 Å². The smallest absolute Gasteiger partial charge is 0.266 e. The van der Waals surface area contributed by atoms with Crippen LogP contribution in [-0.4, -0.2) is 73.9 Å². The Balaban J connectivity index is 0.846. The Bertz CT molecular complexity index is 2120. The van der Waals surface area contributed by atoms with Crippen LogP contribution in [-0.2, 0) is 9.59 Å². The Kier molecular flexibility index (Phi) is 10.8. The van der Waals surface area contributed by atoms with Crippen LogP contribution in [0.25, 0.3) is 11.0 Å². The van der Waals surface area contributed by atoms with Crippen molar-refractivity contribution in [3.63, 3.8) is 0 Å². The second-order valence-electron chi connectivity index (χ2n) is 13.9. The summed E-state index contributed by atoms with van der Waals surface area (Å²) in [6.07, 6.45) is 9.81. The molecule has 1 aliphatic carbocycles. The number of rotatable bonds is 15. The molecule has 14 heteroatoms. The quantitative estimate of drug-likeness (QED) is 0.0784. The molecule has 280 valence electrons. The summed E-state index contributed by atoms with van der Waals surface area (Å²) in [5.41, 5.74) is 3.04. The number of Topliss-reactive ketones (excluding diaryl/α,β-unsaturated/α-hetero) is 1. The van der Waals surface area contributed by atoms with Gasteiger partial charge in [-0.15, -0.1) is 0 Å². The summed E-state index contributed by atoms with van der Waals surface area (Å²) >= 11 is 0. The Morgan fingerprint density at radius 2 is 1.72 bits per heavy atom. The number of ether oxygens (including phenoxy) is 1. The summed E-state index contributed by atoms with van der Waals surface area (Å²) in [6, 6.07) is 13.0. The molecule has 0 bridgehead atoms. The normalized spacial score (nSPS) is 17.2. The molecule has 0 spiro atoms. The minimum atomic E-state index is -1.03. The van der Waals surface area contributed by atoms with E-state index in [0.29, 0.717) is 43.2 Å². The third kappa shape index (κ3) is 7.45. The molecular formula is C40H43N7O7. The topological polar surface area (TPSA) is 182 Å². The molecule has 7 rings (SSSR count). The molecule has 0 radical (unpaired) electrons. The highest BCUT2D eigenvalue weighted by Gasteiger charge is 2.46. The fraction of sp³-hybridized carbons (Fsp3) is 0.400. The van der Waals surface area contributed by atoms with Gasteiger partial charge < -0.3 is 19.9 Å². The van der Waals surface area contributed by atoms with Gasteiger partial charge in [-0.3, -0.25) is 39.0 Å². The van der Waals surface area contributed by atoms with Gasteiger partial charge in [-0.2, -0.15) is 4.98 Å². The molecule has 54 heavy (non-hydrogen) atoms. The van der Waals surface area contributed by atoms with Crippen LogP contribution in [0.5, 0.6) is 5.75 Å². The Labute approximate surface area is 312 Å². The average molecular weight is 734 g/mol. The fourth-order valence-corrected chi connectivity index (χ4v) is 7.50. The first-order valence-electron chi connectivity index (χ1n) is 18.8. The van der Waals surface area contributed by atoms with E-state index in [2.05, 4.69) is 25.5 Å². The number of carbonyl (C=O) groups is 6. The van der Waals surface area contributed by atoms with Crippen molar-refractivity contribution in [1.82, 2.24) is 30.1 Å². The molecule has 5 amide bonds. The maximum atomic E-state index is 13.2. The largest absolute Gasteiger partial charge is 0.493 e. The van der Waals surface area contributed by atoms with Crippen molar-refractivity contribution in [2.45, 2.75) is 89.6 Å². The molecule has 2 aromatic heterocycles. The summed E-state index contributed by atoms with van der Waals surface area (Å²) in [6.45, 7) is 2.71. The zero-order chi connectivity index (χ0) is 37.8.